The van der Waals surface area contributed by atoms with Crippen LogP contribution in [0.2, 0.25) is 10.0 Å². The van der Waals surface area contributed by atoms with Crippen molar-refractivity contribution in [2.24, 2.45) is 0 Å². The normalized spacial score (nSPS) is 10.7. The number of aromatic nitrogens is 3. The molecule has 5 nitrogen and oxygen atoms in total. The number of nitrogens with one attached hydrogen (secondary N) is 1. The van der Waals surface area contributed by atoms with Gasteiger partial charge in [0, 0.05) is 11.6 Å². The van der Waals surface area contributed by atoms with Gasteiger partial charge in [-0.3, -0.25) is 4.79 Å². The third kappa shape index (κ3) is 4.18. The number of hydrogen-bond acceptors (Lipinski definition) is 3. The second kappa shape index (κ2) is 7.68. The first-order chi connectivity index (χ1) is 12.0. The van der Waals surface area contributed by atoms with E-state index in [1.54, 1.807) is 17.7 Å². The van der Waals surface area contributed by atoms with Gasteiger partial charge in [0.2, 0.25) is 5.82 Å². The molecule has 2 aromatic carbocycles. The quantitative estimate of drug-likeness (QED) is 0.737. The van der Waals surface area contributed by atoms with Crippen LogP contribution in [-0.2, 0) is 6.42 Å². The lowest BCUT2D eigenvalue weighted by atomic mass is 10.1. The number of aryl methyl sites for hydroxylation is 1. The molecule has 0 saturated carbocycles. The lowest BCUT2D eigenvalue weighted by Crippen LogP contribution is -2.26. The Morgan fingerprint density at radius 1 is 1.12 bits per heavy atom. The summed E-state index contributed by atoms with van der Waals surface area (Å²) in [5, 5.41) is 8.33. The van der Waals surface area contributed by atoms with Crippen LogP contribution in [0.1, 0.15) is 22.0 Å². The van der Waals surface area contributed by atoms with Crippen LogP contribution in [0.3, 0.4) is 0 Å². The van der Waals surface area contributed by atoms with Crippen LogP contribution in [0, 0.1) is 6.92 Å². The molecule has 0 aliphatic rings. The Balaban J connectivity index is 1.66. The number of nitrogens with zero attached hydrogens (tertiary/aromatic N) is 3. The van der Waals surface area contributed by atoms with Crippen LogP contribution in [0.4, 0.5) is 0 Å². The number of hydrogen-bond donors (Lipinski definition) is 1. The van der Waals surface area contributed by atoms with Crippen LogP contribution in [-0.4, -0.2) is 27.2 Å². The van der Waals surface area contributed by atoms with E-state index >= 15 is 0 Å². The van der Waals surface area contributed by atoms with Gasteiger partial charge in [-0.25, -0.2) is 9.67 Å². The third-order valence-corrected chi connectivity index (χ3v) is 4.24. The minimum absolute atomic E-state index is 0.119. The molecule has 0 saturated heterocycles. The van der Waals surface area contributed by atoms with E-state index in [0.29, 0.717) is 34.5 Å². The number of benzene rings is 2. The fourth-order valence-electron chi connectivity index (χ4n) is 2.39. The SMILES string of the molecule is Cc1nc(C(=O)NCCc2ccc(Cl)cc2)nn1-c1ccccc1Cl. The summed E-state index contributed by atoms with van der Waals surface area (Å²) in [6, 6.07) is 14.8. The van der Waals surface area contributed by atoms with Gasteiger partial charge in [0.15, 0.2) is 0 Å². The van der Waals surface area contributed by atoms with Crippen molar-refractivity contribution in [3.63, 3.8) is 0 Å². The van der Waals surface area contributed by atoms with Gasteiger partial charge in [-0.1, -0.05) is 47.5 Å². The van der Waals surface area contributed by atoms with E-state index < -0.39 is 0 Å². The van der Waals surface area contributed by atoms with Gasteiger partial charge in [-0.05, 0) is 43.2 Å². The number of para-hydroxylation sites is 1. The highest BCUT2D eigenvalue weighted by atomic mass is 35.5. The summed E-state index contributed by atoms with van der Waals surface area (Å²) in [5.41, 5.74) is 1.78. The zero-order valence-electron chi connectivity index (χ0n) is 13.5. The van der Waals surface area contributed by atoms with Crippen LogP contribution < -0.4 is 5.32 Å². The van der Waals surface area contributed by atoms with Crippen molar-refractivity contribution in [2.75, 3.05) is 6.54 Å². The van der Waals surface area contributed by atoms with Gasteiger partial charge in [0.05, 0.1) is 10.7 Å². The maximum absolute atomic E-state index is 12.3. The lowest BCUT2D eigenvalue weighted by Gasteiger charge is -2.04. The Bertz CT molecular complexity index is 890. The molecule has 0 bridgehead atoms. The van der Waals surface area contributed by atoms with Gasteiger partial charge >= 0.3 is 0 Å². The molecule has 3 rings (SSSR count). The van der Waals surface area contributed by atoms with E-state index in [-0.39, 0.29) is 11.7 Å². The Morgan fingerprint density at radius 3 is 2.56 bits per heavy atom. The summed E-state index contributed by atoms with van der Waals surface area (Å²) < 4.78 is 1.57. The maximum Gasteiger partial charge on any atom is 0.290 e. The topological polar surface area (TPSA) is 59.8 Å². The van der Waals surface area contributed by atoms with Gasteiger partial charge in [-0.15, -0.1) is 5.10 Å². The summed E-state index contributed by atoms with van der Waals surface area (Å²) in [6.45, 7) is 2.26. The van der Waals surface area contributed by atoms with E-state index in [2.05, 4.69) is 15.4 Å². The van der Waals surface area contributed by atoms with Crippen molar-refractivity contribution in [1.82, 2.24) is 20.1 Å². The summed E-state index contributed by atoms with van der Waals surface area (Å²) in [6.07, 6.45) is 0.702. The number of carbonyl (C=O) groups excluding carboxylic acids is 1. The van der Waals surface area contributed by atoms with E-state index in [1.807, 2.05) is 42.5 Å². The van der Waals surface area contributed by atoms with Crippen molar-refractivity contribution >= 4 is 29.1 Å². The van der Waals surface area contributed by atoms with Crippen molar-refractivity contribution in [2.45, 2.75) is 13.3 Å². The van der Waals surface area contributed by atoms with Crippen LogP contribution in [0.5, 0.6) is 0 Å². The average molecular weight is 375 g/mol. The molecule has 1 heterocycles. The molecule has 0 atom stereocenters. The molecule has 0 fully saturated rings. The van der Waals surface area contributed by atoms with Gasteiger partial charge in [0.1, 0.15) is 5.82 Å². The smallest absolute Gasteiger partial charge is 0.290 e. The molecule has 25 heavy (non-hydrogen) atoms. The molecule has 1 amide bonds. The highest BCUT2D eigenvalue weighted by Gasteiger charge is 2.16. The zero-order valence-corrected chi connectivity index (χ0v) is 15.1. The third-order valence-electron chi connectivity index (χ3n) is 3.67. The number of halogens is 2. The first-order valence-electron chi connectivity index (χ1n) is 7.76. The fraction of sp³-hybridized carbons (Fsp3) is 0.167. The van der Waals surface area contributed by atoms with Crippen molar-refractivity contribution < 1.29 is 4.79 Å². The first kappa shape index (κ1) is 17.5. The van der Waals surface area contributed by atoms with Crippen LogP contribution >= 0.6 is 23.2 Å². The average Bonchev–Trinajstić information content (AvgIpc) is 2.99. The molecule has 1 N–H and O–H groups in total. The zero-order chi connectivity index (χ0) is 17.8. The second-order valence-corrected chi connectivity index (χ2v) is 6.32. The predicted octanol–water partition coefficient (Wildman–Crippen LogP) is 3.86. The molecule has 1 aromatic heterocycles. The molecule has 0 aliphatic carbocycles. The van der Waals surface area contributed by atoms with Crippen molar-refractivity contribution in [3.05, 3.63) is 75.8 Å². The maximum atomic E-state index is 12.3. The number of amides is 1. The summed E-state index contributed by atoms with van der Waals surface area (Å²) in [7, 11) is 0. The second-order valence-electron chi connectivity index (χ2n) is 5.48. The monoisotopic (exact) mass is 374 g/mol. The predicted molar refractivity (Wildman–Crippen MR) is 98.6 cm³/mol. The van der Waals surface area contributed by atoms with Crippen LogP contribution in [0.15, 0.2) is 48.5 Å². The minimum Gasteiger partial charge on any atom is -0.349 e. The molecule has 7 heteroatoms. The molecule has 128 valence electrons. The number of carbonyl (C=O) groups is 1. The molecule has 0 unspecified atom stereocenters. The Hall–Kier alpha value is -2.37. The Morgan fingerprint density at radius 2 is 1.84 bits per heavy atom. The first-order valence-corrected chi connectivity index (χ1v) is 8.51. The summed E-state index contributed by atoms with van der Waals surface area (Å²) in [5.74, 6) is 0.396. The molecule has 0 aliphatic heterocycles. The van der Waals surface area contributed by atoms with Gasteiger partial charge in [0.25, 0.3) is 5.91 Å². The molecular weight excluding hydrogens is 359 g/mol. The van der Waals surface area contributed by atoms with Crippen molar-refractivity contribution in [3.8, 4) is 5.69 Å². The summed E-state index contributed by atoms with van der Waals surface area (Å²) >= 11 is 12.0. The fourth-order valence-corrected chi connectivity index (χ4v) is 2.73. The molecule has 0 radical (unpaired) electrons. The Labute approximate surface area is 155 Å². The van der Waals surface area contributed by atoms with Crippen molar-refractivity contribution in [1.29, 1.82) is 0 Å². The molecule has 0 spiro atoms. The molecule has 3 aromatic rings. The van der Waals surface area contributed by atoms with Gasteiger partial charge in [-0.2, -0.15) is 0 Å². The van der Waals surface area contributed by atoms with Crippen LogP contribution in [0.25, 0.3) is 5.69 Å². The lowest BCUT2D eigenvalue weighted by molar-refractivity contribution is 0.0944. The summed E-state index contributed by atoms with van der Waals surface area (Å²) in [4.78, 5) is 16.5. The highest BCUT2D eigenvalue weighted by molar-refractivity contribution is 6.32. The number of rotatable bonds is 5. The highest BCUT2D eigenvalue weighted by Crippen LogP contribution is 2.20. The Kier molecular flexibility index (Phi) is 5.36. The van der Waals surface area contributed by atoms with E-state index in [9.17, 15) is 4.79 Å². The van der Waals surface area contributed by atoms with Gasteiger partial charge < -0.3 is 5.32 Å². The standard InChI is InChI=1S/C18H16Cl2N4O/c1-12-22-17(23-24(12)16-5-3-2-4-15(16)20)18(25)21-11-10-13-6-8-14(19)9-7-13/h2-9H,10-11H2,1H3,(H,21,25). The minimum atomic E-state index is -0.317. The van der Waals surface area contributed by atoms with E-state index in [0.717, 1.165) is 5.56 Å². The molecular formula is C18H16Cl2N4O. The van der Waals surface area contributed by atoms with E-state index in [4.69, 9.17) is 23.2 Å². The largest absolute Gasteiger partial charge is 0.349 e. The van der Waals surface area contributed by atoms with E-state index in [1.165, 1.54) is 0 Å².